The summed E-state index contributed by atoms with van der Waals surface area (Å²) >= 11 is 0. The lowest BCUT2D eigenvalue weighted by atomic mass is 9.91. The van der Waals surface area contributed by atoms with Crippen LogP contribution in [-0.4, -0.2) is 24.7 Å². The van der Waals surface area contributed by atoms with Gasteiger partial charge in [-0.1, -0.05) is 36.9 Å². The van der Waals surface area contributed by atoms with E-state index in [1.807, 2.05) is 0 Å². The molecule has 24 heavy (non-hydrogen) atoms. The van der Waals surface area contributed by atoms with E-state index < -0.39 is 35.9 Å². The molecule has 0 heterocycles. The lowest BCUT2D eigenvalue weighted by molar-refractivity contribution is -0.405. The Morgan fingerprint density at radius 2 is 1.33 bits per heavy atom. The Bertz CT molecular complexity index is 538. The van der Waals surface area contributed by atoms with Gasteiger partial charge in [0.15, 0.2) is 0 Å². The molecule has 0 unspecified atom stereocenters. The van der Waals surface area contributed by atoms with Crippen molar-refractivity contribution in [2.75, 3.05) is 6.79 Å². The maximum Gasteiger partial charge on any atom is 0.430 e. The van der Waals surface area contributed by atoms with Gasteiger partial charge in [-0.2, -0.15) is 26.3 Å². The van der Waals surface area contributed by atoms with E-state index in [4.69, 9.17) is 4.74 Å². The van der Waals surface area contributed by atoms with Gasteiger partial charge in [0.2, 0.25) is 0 Å². The van der Waals surface area contributed by atoms with E-state index in [0.29, 0.717) is 5.56 Å². The Labute approximate surface area is 136 Å². The highest BCUT2D eigenvalue weighted by Crippen LogP contribution is 2.53. The van der Waals surface area contributed by atoms with Crippen molar-refractivity contribution in [3.63, 3.8) is 0 Å². The van der Waals surface area contributed by atoms with Crippen LogP contribution in [0.1, 0.15) is 31.9 Å². The molecular weight excluding hydrogens is 338 g/mol. The first kappa shape index (κ1) is 20.5. The van der Waals surface area contributed by atoms with E-state index in [2.05, 4.69) is 11.3 Å². The summed E-state index contributed by atoms with van der Waals surface area (Å²) in [6.45, 7) is 6.68. The molecule has 8 heteroatoms. The highest BCUT2D eigenvalue weighted by atomic mass is 19.4. The van der Waals surface area contributed by atoms with Crippen molar-refractivity contribution in [2.45, 2.75) is 44.3 Å². The van der Waals surface area contributed by atoms with Gasteiger partial charge in [-0.05, 0) is 26.3 Å². The van der Waals surface area contributed by atoms with Crippen molar-refractivity contribution in [3.8, 4) is 0 Å². The largest absolute Gasteiger partial charge is 0.430 e. The molecule has 0 N–H and O–H groups in total. The third kappa shape index (κ3) is 4.30. The average molecular weight is 356 g/mol. The number of ether oxygens (including phenoxy) is 2. The predicted molar refractivity (Wildman–Crippen MR) is 77.1 cm³/mol. The van der Waals surface area contributed by atoms with Crippen LogP contribution in [0.4, 0.5) is 26.3 Å². The molecule has 0 atom stereocenters. The van der Waals surface area contributed by atoms with Crippen LogP contribution in [-0.2, 0) is 15.1 Å². The molecule has 0 saturated carbocycles. The minimum Gasteiger partial charge on any atom is -0.350 e. The number of rotatable bonds is 5. The normalized spacial score (nSPS) is 13.9. The van der Waals surface area contributed by atoms with E-state index in [-0.39, 0.29) is 0 Å². The predicted octanol–water partition coefficient (Wildman–Crippen LogP) is 5.44. The number of hydrogen-bond donors (Lipinski definition) is 0. The van der Waals surface area contributed by atoms with E-state index >= 15 is 0 Å². The summed E-state index contributed by atoms with van der Waals surface area (Å²) in [6.07, 6.45) is -10.2. The molecule has 0 bridgehead atoms. The zero-order valence-electron chi connectivity index (χ0n) is 13.4. The van der Waals surface area contributed by atoms with Crippen LogP contribution < -0.4 is 0 Å². The fourth-order valence-electron chi connectivity index (χ4n) is 1.88. The Balaban J connectivity index is 3.39. The summed E-state index contributed by atoms with van der Waals surface area (Å²) in [5, 5.41) is 0. The highest BCUT2D eigenvalue weighted by Gasteiger charge is 2.73. The van der Waals surface area contributed by atoms with Crippen molar-refractivity contribution in [1.29, 1.82) is 0 Å². The quantitative estimate of drug-likeness (QED) is 0.517. The summed E-state index contributed by atoms with van der Waals surface area (Å²) in [7, 11) is 0. The minimum atomic E-state index is -5.73. The Kier molecular flexibility index (Phi) is 5.77. The summed E-state index contributed by atoms with van der Waals surface area (Å²) in [4.78, 5) is 0. The smallest absolute Gasteiger partial charge is 0.350 e. The van der Waals surface area contributed by atoms with E-state index in [1.54, 1.807) is 0 Å². The van der Waals surface area contributed by atoms with Gasteiger partial charge < -0.3 is 9.47 Å². The fraction of sp³-hybridized carbons (Fsp3) is 0.500. The van der Waals surface area contributed by atoms with Crippen molar-refractivity contribution in [1.82, 2.24) is 0 Å². The molecule has 0 saturated heterocycles. The Morgan fingerprint density at radius 1 is 0.875 bits per heavy atom. The molecule has 136 valence electrons. The zero-order valence-corrected chi connectivity index (χ0v) is 13.4. The van der Waals surface area contributed by atoms with Crippen LogP contribution in [0, 0.1) is 0 Å². The molecular formula is C16H18F6O2. The molecule has 0 spiro atoms. The zero-order chi connectivity index (χ0) is 18.8. The molecule has 2 nitrogen and oxygen atoms in total. The van der Waals surface area contributed by atoms with E-state index in [0.717, 1.165) is 24.3 Å². The van der Waals surface area contributed by atoms with Crippen LogP contribution in [0.5, 0.6) is 0 Å². The number of benzene rings is 1. The Morgan fingerprint density at radius 3 is 1.67 bits per heavy atom. The first-order valence-corrected chi connectivity index (χ1v) is 6.89. The molecule has 0 fully saturated rings. The standard InChI is InChI=1S/C16H18F6O2/c1-5-11-6-8-12(9-7-11)14(15(17,18)19,16(20,21)22)24-10-23-13(2,3)4/h5-9H,1,10H2,2-4H3. The fourth-order valence-corrected chi connectivity index (χ4v) is 1.88. The highest BCUT2D eigenvalue weighted by molar-refractivity contribution is 5.48. The number of hydrogen-bond acceptors (Lipinski definition) is 2. The summed E-state index contributed by atoms with van der Waals surface area (Å²) < 4.78 is 89.8. The lowest BCUT2D eigenvalue weighted by Gasteiger charge is -2.38. The molecule has 1 rings (SSSR count). The van der Waals surface area contributed by atoms with Crippen molar-refractivity contribution < 1.29 is 35.8 Å². The van der Waals surface area contributed by atoms with Gasteiger partial charge in [0.05, 0.1) is 5.60 Å². The average Bonchev–Trinajstić information content (AvgIpc) is 2.40. The van der Waals surface area contributed by atoms with Crippen LogP contribution in [0.15, 0.2) is 30.8 Å². The van der Waals surface area contributed by atoms with Crippen LogP contribution in [0.25, 0.3) is 6.08 Å². The number of alkyl halides is 6. The van der Waals surface area contributed by atoms with Gasteiger partial charge in [-0.25, -0.2) is 0 Å². The van der Waals surface area contributed by atoms with Crippen LogP contribution >= 0.6 is 0 Å². The third-order valence-corrected chi connectivity index (χ3v) is 3.12. The Hall–Kier alpha value is -1.54. The third-order valence-electron chi connectivity index (χ3n) is 3.12. The van der Waals surface area contributed by atoms with Crippen LogP contribution in [0.3, 0.4) is 0 Å². The summed E-state index contributed by atoms with van der Waals surface area (Å²) in [5.74, 6) is 0. The first-order valence-electron chi connectivity index (χ1n) is 6.89. The second-order valence-electron chi connectivity index (χ2n) is 6.02. The lowest BCUT2D eigenvalue weighted by Crippen LogP contribution is -2.56. The van der Waals surface area contributed by atoms with Gasteiger partial charge in [-0.3, -0.25) is 0 Å². The van der Waals surface area contributed by atoms with Gasteiger partial charge in [-0.15, -0.1) is 0 Å². The van der Waals surface area contributed by atoms with Crippen molar-refractivity contribution in [3.05, 3.63) is 42.0 Å². The van der Waals surface area contributed by atoms with Crippen LogP contribution in [0.2, 0.25) is 0 Å². The van der Waals surface area contributed by atoms with Gasteiger partial charge in [0, 0.05) is 5.56 Å². The van der Waals surface area contributed by atoms with Crippen molar-refractivity contribution in [2.24, 2.45) is 0 Å². The molecule has 0 radical (unpaired) electrons. The van der Waals surface area contributed by atoms with Crippen molar-refractivity contribution >= 4 is 6.08 Å². The molecule has 0 aromatic heterocycles. The molecule has 0 aliphatic carbocycles. The number of halogens is 6. The minimum absolute atomic E-state index is 0.378. The molecule has 0 amide bonds. The SMILES string of the molecule is C=Cc1ccc(C(OCOC(C)(C)C)(C(F)(F)F)C(F)(F)F)cc1. The topological polar surface area (TPSA) is 18.5 Å². The van der Waals surface area contributed by atoms with Gasteiger partial charge in [0.25, 0.3) is 5.60 Å². The van der Waals surface area contributed by atoms with Gasteiger partial charge in [0.1, 0.15) is 6.79 Å². The molecule has 0 aliphatic rings. The molecule has 1 aromatic rings. The maximum absolute atomic E-state index is 13.4. The monoisotopic (exact) mass is 356 g/mol. The van der Waals surface area contributed by atoms with E-state index in [1.165, 1.54) is 26.8 Å². The summed E-state index contributed by atoms with van der Waals surface area (Å²) in [5.41, 5.74) is -6.14. The van der Waals surface area contributed by atoms with Gasteiger partial charge >= 0.3 is 12.4 Å². The molecule has 1 aromatic carbocycles. The van der Waals surface area contributed by atoms with E-state index in [9.17, 15) is 26.3 Å². The first-order chi connectivity index (χ1) is 10.7. The maximum atomic E-state index is 13.4. The second kappa shape index (κ2) is 6.76. The second-order valence-corrected chi connectivity index (χ2v) is 6.02. The summed E-state index contributed by atoms with van der Waals surface area (Å²) in [6, 6.07) is 3.63. The molecule has 0 aliphatic heterocycles.